The molecular formula is C16H28O3. The number of ether oxygens (including phenoxy) is 2. The Labute approximate surface area is 117 Å². The second-order valence-electron chi connectivity index (χ2n) is 5.81. The lowest BCUT2D eigenvalue weighted by Gasteiger charge is -2.23. The van der Waals surface area contributed by atoms with Gasteiger partial charge in [0, 0.05) is 6.61 Å². The molecule has 0 radical (unpaired) electrons. The zero-order chi connectivity index (χ0) is 15.1. The van der Waals surface area contributed by atoms with Crippen molar-refractivity contribution < 1.29 is 14.3 Å². The van der Waals surface area contributed by atoms with E-state index in [1.807, 2.05) is 60.6 Å². The van der Waals surface area contributed by atoms with E-state index in [1.165, 1.54) is 0 Å². The van der Waals surface area contributed by atoms with Gasteiger partial charge < -0.3 is 9.47 Å². The quantitative estimate of drug-likeness (QED) is 0.393. The lowest BCUT2D eigenvalue weighted by molar-refractivity contribution is -0.150. The summed E-state index contributed by atoms with van der Waals surface area (Å²) in [6, 6.07) is 0. The number of carbonyl (C=O) groups is 1. The van der Waals surface area contributed by atoms with E-state index in [4.69, 9.17) is 9.47 Å². The molecular weight excluding hydrogens is 240 g/mol. The molecule has 0 aromatic rings. The van der Waals surface area contributed by atoms with Crippen LogP contribution in [-0.2, 0) is 14.3 Å². The minimum absolute atomic E-state index is 0.184. The van der Waals surface area contributed by atoms with E-state index in [2.05, 4.69) is 0 Å². The fraction of sp³-hybridized carbons (Fsp3) is 0.688. The van der Waals surface area contributed by atoms with E-state index in [9.17, 15) is 4.79 Å². The predicted molar refractivity (Wildman–Crippen MR) is 78.8 cm³/mol. The molecule has 0 atom stereocenters. The third kappa shape index (κ3) is 7.16. The van der Waals surface area contributed by atoms with Gasteiger partial charge in [0.05, 0.1) is 11.5 Å². The van der Waals surface area contributed by atoms with Crippen LogP contribution in [0.2, 0.25) is 0 Å². The van der Waals surface area contributed by atoms with E-state index in [0.717, 1.165) is 5.57 Å². The Morgan fingerprint density at radius 3 is 2.26 bits per heavy atom. The largest absolute Gasteiger partial charge is 0.426 e. The lowest BCUT2D eigenvalue weighted by atomic mass is 9.90. The Bertz CT molecular complexity index is 345. The summed E-state index contributed by atoms with van der Waals surface area (Å²) in [5.41, 5.74) is 0.442. The molecule has 0 aliphatic carbocycles. The molecule has 110 valence electrons. The molecule has 0 bridgehead atoms. The molecule has 0 amide bonds. The third-order valence-corrected chi connectivity index (χ3v) is 2.74. The van der Waals surface area contributed by atoms with Gasteiger partial charge in [-0.3, -0.25) is 4.79 Å². The lowest BCUT2D eigenvalue weighted by Crippen LogP contribution is -2.28. The fourth-order valence-corrected chi connectivity index (χ4v) is 1.34. The molecule has 19 heavy (non-hydrogen) atoms. The van der Waals surface area contributed by atoms with Crippen LogP contribution in [0, 0.1) is 5.41 Å². The summed E-state index contributed by atoms with van der Waals surface area (Å²) in [4.78, 5) is 12.2. The topological polar surface area (TPSA) is 35.5 Å². The van der Waals surface area contributed by atoms with Crippen molar-refractivity contribution in [2.45, 2.75) is 61.0 Å². The number of carbonyl (C=O) groups excluding carboxylic acids is 1. The Kier molecular flexibility index (Phi) is 7.69. The van der Waals surface area contributed by atoms with Crippen molar-refractivity contribution in [3.8, 4) is 0 Å². The first-order valence-corrected chi connectivity index (χ1v) is 6.84. The van der Waals surface area contributed by atoms with E-state index < -0.39 is 5.41 Å². The van der Waals surface area contributed by atoms with Crippen LogP contribution in [0.3, 0.4) is 0 Å². The maximum absolute atomic E-state index is 12.2. The summed E-state index contributed by atoms with van der Waals surface area (Å²) in [5, 5.41) is 0. The number of hydrogen-bond donors (Lipinski definition) is 0. The fourth-order valence-electron chi connectivity index (χ4n) is 1.34. The van der Waals surface area contributed by atoms with Gasteiger partial charge in [-0.05, 0) is 66.5 Å². The molecule has 0 saturated heterocycles. The zero-order valence-corrected chi connectivity index (χ0v) is 13.4. The molecule has 0 N–H and O–H groups in total. The number of hydrogen-bond acceptors (Lipinski definition) is 3. The first kappa shape index (κ1) is 17.9. The maximum Gasteiger partial charge on any atom is 0.316 e. The van der Waals surface area contributed by atoms with Crippen molar-refractivity contribution in [3.05, 3.63) is 23.5 Å². The van der Waals surface area contributed by atoms with Gasteiger partial charge in [-0.1, -0.05) is 6.08 Å². The third-order valence-electron chi connectivity index (χ3n) is 2.74. The van der Waals surface area contributed by atoms with Gasteiger partial charge in [0.25, 0.3) is 0 Å². The Balaban J connectivity index is 4.58. The van der Waals surface area contributed by atoms with Gasteiger partial charge in [0.2, 0.25) is 0 Å². The van der Waals surface area contributed by atoms with Gasteiger partial charge in [0.1, 0.15) is 5.76 Å². The second-order valence-corrected chi connectivity index (χ2v) is 5.81. The number of rotatable bonds is 7. The summed E-state index contributed by atoms with van der Waals surface area (Å²) in [7, 11) is 0. The average molecular weight is 268 g/mol. The highest BCUT2D eigenvalue weighted by molar-refractivity contribution is 5.77. The monoisotopic (exact) mass is 268 g/mol. The maximum atomic E-state index is 12.2. The molecule has 3 nitrogen and oxygen atoms in total. The first-order valence-electron chi connectivity index (χ1n) is 6.84. The minimum Gasteiger partial charge on any atom is -0.426 e. The summed E-state index contributed by atoms with van der Waals surface area (Å²) in [5.74, 6) is 0.416. The van der Waals surface area contributed by atoms with Crippen molar-refractivity contribution in [1.29, 1.82) is 0 Å². The standard InChI is InChI=1S/C16H28O3/c1-8-9-14(12(2)3)19-15(17)16(6,7)10-11-18-13(4)5/h8-9,13H,10-11H2,1-7H3. The summed E-state index contributed by atoms with van der Waals surface area (Å²) < 4.78 is 11.0. The summed E-state index contributed by atoms with van der Waals surface area (Å²) in [6.07, 6.45) is 4.51. The van der Waals surface area contributed by atoms with Crippen LogP contribution in [0.4, 0.5) is 0 Å². The molecule has 0 saturated carbocycles. The van der Waals surface area contributed by atoms with Crippen LogP contribution in [-0.4, -0.2) is 18.7 Å². The number of allylic oxidation sites excluding steroid dienone is 3. The molecule has 0 rings (SSSR count). The zero-order valence-electron chi connectivity index (χ0n) is 13.4. The number of esters is 1. The van der Waals surface area contributed by atoms with E-state index in [0.29, 0.717) is 18.8 Å². The Morgan fingerprint density at radius 1 is 1.26 bits per heavy atom. The van der Waals surface area contributed by atoms with Crippen molar-refractivity contribution in [2.24, 2.45) is 5.41 Å². The molecule has 0 unspecified atom stereocenters. The molecule has 0 aromatic carbocycles. The van der Waals surface area contributed by atoms with Crippen molar-refractivity contribution in [2.75, 3.05) is 6.61 Å². The van der Waals surface area contributed by atoms with E-state index >= 15 is 0 Å². The Hall–Kier alpha value is -1.09. The van der Waals surface area contributed by atoms with Gasteiger partial charge >= 0.3 is 5.97 Å². The first-order chi connectivity index (χ1) is 8.70. The molecule has 0 aliphatic heterocycles. The Morgan fingerprint density at radius 2 is 1.84 bits per heavy atom. The van der Waals surface area contributed by atoms with Crippen molar-refractivity contribution in [1.82, 2.24) is 0 Å². The highest BCUT2D eigenvalue weighted by Crippen LogP contribution is 2.25. The molecule has 0 spiro atoms. The average Bonchev–Trinajstić information content (AvgIpc) is 2.27. The van der Waals surface area contributed by atoms with Crippen LogP contribution >= 0.6 is 0 Å². The predicted octanol–water partition coefficient (Wildman–Crippen LogP) is 4.24. The molecule has 0 aromatic heterocycles. The van der Waals surface area contributed by atoms with Gasteiger partial charge in [-0.2, -0.15) is 0 Å². The normalized spacial score (nSPS) is 12.0. The summed E-state index contributed by atoms with van der Waals surface area (Å²) >= 11 is 0. The van der Waals surface area contributed by atoms with Crippen molar-refractivity contribution >= 4 is 5.97 Å². The van der Waals surface area contributed by atoms with Crippen LogP contribution in [0.1, 0.15) is 54.9 Å². The smallest absolute Gasteiger partial charge is 0.316 e. The molecule has 0 aliphatic rings. The highest BCUT2D eigenvalue weighted by atomic mass is 16.5. The van der Waals surface area contributed by atoms with E-state index in [-0.39, 0.29) is 12.1 Å². The van der Waals surface area contributed by atoms with Gasteiger partial charge in [0.15, 0.2) is 0 Å². The van der Waals surface area contributed by atoms with Crippen molar-refractivity contribution in [3.63, 3.8) is 0 Å². The van der Waals surface area contributed by atoms with Crippen LogP contribution in [0.5, 0.6) is 0 Å². The molecule has 0 fully saturated rings. The second kappa shape index (κ2) is 8.16. The SMILES string of the molecule is CC=CC(OC(=O)C(C)(C)CCOC(C)C)=C(C)C. The highest BCUT2D eigenvalue weighted by Gasteiger charge is 2.30. The van der Waals surface area contributed by atoms with Gasteiger partial charge in [-0.25, -0.2) is 0 Å². The minimum atomic E-state index is -0.544. The summed E-state index contributed by atoms with van der Waals surface area (Å²) in [6.45, 7) is 14.1. The van der Waals surface area contributed by atoms with Crippen LogP contribution in [0.15, 0.2) is 23.5 Å². The van der Waals surface area contributed by atoms with E-state index in [1.54, 1.807) is 0 Å². The van der Waals surface area contributed by atoms with Gasteiger partial charge in [-0.15, -0.1) is 0 Å². The van der Waals surface area contributed by atoms with Crippen LogP contribution in [0.25, 0.3) is 0 Å². The molecule has 0 heterocycles. The molecule has 3 heteroatoms. The van der Waals surface area contributed by atoms with Crippen LogP contribution < -0.4 is 0 Å².